The molecule has 1 atom stereocenters. The fourth-order valence-corrected chi connectivity index (χ4v) is 2.84. The molecule has 1 unspecified atom stereocenters. The van der Waals surface area contributed by atoms with E-state index in [1.54, 1.807) is 0 Å². The van der Waals surface area contributed by atoms with Crippen LogP contribution in [0.25, 0.3) is 0 Å². The zero-order valence-electron chi connectivity index (χ0n) is 9.16. The Balaban J connectivity index is 2.44. The quantitative estimate of drug-likeness (QED) is 0.761. The van der Waals surface area contributed by atoms with Gasteiger partial charge in [0.1, 0.15) is 6.61 Å². The second-order valence-corrected chi connectivity index (χ2v) is 5.26. The van der Waals surface area contributed by atoms with Crippen molar-refractivity contribution in [1.29, 1.82) is 0 Å². The van der Waals surface area contributed by atoms with Gasteiger partial charge in [-0.3, -0.25) is 9.67 Å². The molecule has 1 fully saturated rings. The molecule has 1 aromatic heterocycles. The second-order valence-electron chi connectivity index (χ2n) is 4.87. The maximum absolute atomic E-state index is 9.21. The van der Waals surface area contributed by atoms with E-state index in [0.717, 1.165) is 6.42 Å². The first-order chi connectivity index (χ1) is 7.06. The summed E-state index contributed by atoms with van der Waals surface area (Å²) >= 11 is 5.21. The lowest BCUT2D eigenvalue weighted by Crippen LogP contribution is -2.23. The van der Waals surface area contributed by atoms with Crippen LogP contribution in [0.1, 0.15) is 45.0 Å². The fraction of sp³-hybridized carbons (Fsp3) is 0.800. The Labute approximate surface area is 94.3 Å². The highest BCUT2D eigenvalue weighted by molar-refractivity contribution is 7.71. The van der Waals surface area contributed by atoms with Crippen molar-refractivity contribution in [3.63, 3.8) is 0 Å². The van der Waals surface area contributed by atoms with E-state index in [2.05, 4.69) is 24.0 Å². The van der Waals surface area contributed by atoms with Gasteiger partial charge in [-0.15, -0.1) is 0 Å². The van der Waals surface area contributed by atoms with Crippen molar-refractivity contribution in [1.82, 2.24) is 14.8 Å². The fourth-order valence-electron chi connectivity index (χ4n) is 2.56. The molecule has 0 radical (unpaired) electrons. The van der Waals surface area contributed by atoms with Crippen molar-refractivity contribution >= 4 is 12.2 Å². The van der Waals surface area contributed by atoms with E-state index in [9.17, 15) is 5.11 Å². The lowest BCUT2D eigenvalue weighted by Gasteiger charge is -2.28. The van der Waals surface area contributed by atoms with Crippen molar-refractivity contribution < 1.29 is 5.11 Å². The molecule has 4 nitrogen and oxygen atoms in total. The van der Waals surface area contributed by atoms with E-state index in [-0.39, 0.29) is 12.0 Å². The van der Waals surface area contributed by atoms with Crippen molar-refractivity contribution in [2.75, 3.05) is 0 Å². The highest BCUT2D eigenvalue weighted by Crippen LogP contribution is 2.46. The molecular weight excluding hydrogens is 210 g/mol. The van der Waals surface area contributed by atoms with E-state index in [1.165, 1.54) is 12.8 Å². The number of aromatic nitrogens is 3. The third kappa shape index (κ3) is 1.74. The monoisotopic (exact) mass is 227 g/mol. The van der Waals surface area contributed by atoms with E-state index in [1.807, 2.05) is 4.57 Å². The Hall–Kier alpha value is -0.680. The summed E-state index contributed by atoms with van der Waals surface area (Å²) in [5.41, 5.74) is 0.242. The number of aliphatic hydroxyl groups excluding tert-OH is 1. The standard InChI is InChI=1S/C10H17N3OS/c1-10(2)5-3-4-7(10)13-8(6-14)11-12-9(13)15/h7,14H,3-6H2,1-2H3,(H,12,15). The summed E-state index contributed by atoms with van der Waals surface area (Å²) in [5.74, 6) is 0.653. The van der Waals surface area contributed by atoms with Crippen LogP contribution in [0.3, 0.4) is 0 Å². The van der Waals surface area contributed by atoms with Crippen LogP contribution in [0.15, 0.2) is 0 Å². The van der Waals surface area contributed by atoms with Crippen LogP contribution in [-0.4, -0.2) is 19.9 Å². The van der Waals surface area contributed by atoms with Gasteiger partial charge < -0.3 is 5.11 Å². The number of rotatable bonds is 2. The molecule has 1 aromatic rings. The van der Waals surface area contributed by atoms with E-state index in [4.69, 9.17) is 12.2 Å². The van der Waals surface area contributed by atoms with E-state index < -0.39 is 0 Å². The number of aliphatic hydroxyl groups is 1. The Bertz CT molecular complexity index is 407. The number of hydrogen-bond acceptors (Lipinski definition) is 3. The lowest BCUT2D eigenvalue weighted by atomic mass is 9.87. The molecule has 0 saturated heterocycles. The molecular formula is C10H17N3OS. The van der Waals surface area contributed by atoms with Gasteiger partial charge in [0.2, 0.25) is 0 Å². The minimum absolute atomic E-state index is 0.0558. The summed E-state index contributed by atoms with van der Waals surface area (Å²) in [6.07, 6.45) is 3.54. The Morgan fingerprint density at radius 2 is 2.40 bits per heavy atom. The van der Waals surface area contributed by atoms with E-state index in [0.29, 0.717) is 16.6 Å². The predicted molar refractivity (Wildman–Crippen MR) is 60.0 cm³/mol. The summed E-state index contributed by atoms with van der Waals surface area (Å²) < 4.78 is 2.61. The van der Waals surface area contributed by atoms with Crippen molar-refractivity contribution in [3.05, 3.63) is 10.6 Å². The molecule has 1 aliphatic carbocycles. The molecule has 0 bridgehead atoms. The SMILES string of the molecule is CC1(C)CCCC1n1c(CO)n[nH]c1=S. The average Bonchev–Trinajstić information content (AvgIpc) is 2.68. The first-order valence-electron chi connectivity index (χ1n) is 5.33. The van der Waals surface area contributed by atoms with Crippen molar-refractivity contribution in [3.8, 4) is 0 Å². The smallest absolute Gasteiger partial charge is 0.195 e. The maximum atomic E-state index is 9.21. The predicted octanol–water partition coefficient (Wildman–Crippen LogP) is 2.18. The molecule has 0 aliphatic heterocycles. The number of H-pyrrole nitrogens is 1. The minimum Gasteiger partial charge on any atom is -0.388 e. The second kappa shape index (κ2) is 3.72. The molecule has 0 spiro atoms. The topological polar surface area (TPSA) is 53.8 Å². The average molecular weight is 227 g/mol. The van der Waals surface area contributed by atoms with Gasteiger partial charge in [-0.2, -0.15) is 5.10 Å². The molecule has 1 heterocycles. The highest BCUT2D eigenvalue weighted by atomic mass is 32.1. The normalized spacial score (nSPS) is 24.6. The largest absolute Gasteiger partial charge is 0.388 e. The molecule has 1 saturated carbocycles. The van der Waals surface area contributed by atoms with Crippen LogP contribution in [0.5, 0.6) is 0 Å². The summed E-state index contributed by atoms with van der Waals surface area (Å²) in [7, 11) is 0. The number of aromatic amines is 1. The van der Waals surface area contributed by atoms with Crippen LogP contribution in [-0.2, 0) is 6.61 Å². The minimum atomic E-state index is -0.0558. The maximum Gasteiger partial charge on any atom is 0.195 e. The summed E-state index contributed by atoms with van der Waals surface area (Å²) in [6.45, 7) is 4.45. The van der Waals surface area contributed by atoms with Crippen molar-refractivity contribution in [2.24, 2.45) is 5.41 Å². The van der Waals surface area contributed by atoms with Gasteiger partial charge in [0, 0.05) is 6.04 Å². The molecule has 2 N–H and O–H groups in total. The molecule has 2 rings (SSSR count). The first kappa shape index (κ1) is 10.8. The number of nitrogens with zero attached hydrogens (tertiary/aromatic N) is 2. The Morgan fingerprint density at radius 3 is 2.93 bits per heavy atom. The van der Waals surface area contributed by atoms with Crippen LogP contribution in [0.4, 0.5) is 0 Å². The lowest BCUT2D eigenvalue weighted by molar-refractivity contribution is 0.223. The Kier molecular flexibility index (Phi) is 2.68. The van der Waals surface area contributed by atoms with Crippen LogP contribution in [0, 0.1) is 10.2 Å². The van der Waals surface area contributed by atoms with Crippen molar-refractivity contribution in [2.45, 2.75) is 45.8 Å². The Morgan fingerprint density at radius 1 is 1.67 bits per heavy atom. The first-order valence-corrected chi connectivity index (χ1v) is 5.74. The molecule has 0 aromatic carbocycles. The zero-order valence-corrected chi connectivity index (χ0v) is 9.97. The van der Waals surface area contributed by atoms with Gasteiger partial charge in [0.05, 0.1) is 0 Å². The molecule has 15 heavy (non-hydrogen) atoms. The van der Waals surface area contributed by atoms with Crippen LogP contribution < -0.4 is 0 Å². The molecule has 84 valence electrons. The van der Waals surface area contributed by atoms with Crippen LogP contribution >= 0.6 is 12.2 Å². The molecule has 5 heteroatoms. The van der Waals surface area contributed by atoms with E-state index >= 15 is 0 Å². The van der Waals surface area contributed by atoms with Gasteiger partial charge in [0.25, 0.3) is 0 Å². The summed E-state index contributed by atoms with van der Waals surface area (Å²) in [4.78, 5) is 0. The van der Waals surface area contributed by atoms with Gasteiger partial charge in [-0.1, -0.05) is 20.3 Å². The molecule has 1 aliphatic rings. The van der Waals surface area contributed by atoms with Gasteiger partial charge in [-0.05, 0) is 30.5 Å². The zero-order chi connectivity index (χ0) is 11.1. The highest BCUT2D eigenvalue weighted by Gasteiger charge is 2.37. The third-order valence-electron chi connectivity index (χ3n) is 3.43. The van der Waals surface area contributed by atoms with Gasteiger partial charge in [0.15, 0.2) is 10.6 Å². The third-order valence-corrected chi connectivity index (χ3v) is 3.72. The van der Waals surface area contributed by atoms with Gasteiger partial charge in [-0.25, -0.2) is 0 Å². The summed E-state index contributed by atoms with van der Waals surface area (Å²) in [5, 5.41) is 16.0. The van der Waals surface area contributed by atoms with Gasteiger partial charge >= 0.3 is 0 Å². The number of hydrogen-bond donors (Lipinski definition) is 2. The number of nitrogens with one attached hydrogen (secondary N) is 1. The molecule has 0 amide bonds. The van der Waals surface area contributed by atoms with Crippen LogP contribution in [0.2, 0.25) is 0 Å². The summed E-state index contributed by atoms with van der Waals surface area (Å²) in [6, 6.07) is 0.367.